The first kappa shape index (κ1) is 18.2. The molecule has 0 saturated heterocycles. The fourth-order valence-corrected chi connectivity index (χ4v) is 0. The first-order valence-electron chi connectivity index (χ1n) is 0.154. The van der Waals surface area contributed by atoms with Crippen molar-refractivity contribution in [2.24, 2.45) is 0 Å². The first-order chi connectivity index (χ1) is 1.00. The van der Waals surface area contributed by atoms with Crippen molar-refractivity contribution >= 4 is 35.5 Å². The van der Waals surface area contributed by atoms with Crippen molar-refractivity contribution in [3.63, 3.8) is 0 Å². The van der Waals surface area contributed by atoms with E-state index in [1.54, 1.807) is 15.9 Å². The van der Waals surface area contributed by atoms with Crippen LogP contribution < -0.4 is 0 Å². The van der Waals surface area contributed by atoms with Crippen molar-refractivity contribution in [2.45, 2.75) is 0 Å². The van der Waals surface area contributed by atoms with Crippen molar-refractivity contribution < 1.29 is 19.8 Å². The Kier molecular flexibility index (Phi) is 120. The molecular weight excluding hydrogens is 131 g/mol. The molecule has 0 unspecified atom stereocenters. The van der Waals surface area contributed by atoms with Crippen LogP contribution in [0.15, 0.2) is 0 Å². The third-order valence-electron chi connectivity index (χ3n) is 0. The second-order valence-corrected chi connectivity index (χ2v) is 0. The van der Waals surface area contributed by atoms with Gasteiger partial charge in [0.25, 0.3) is 0 Å². The molecule has 0 aliphatic carbocycles. The molecule has 0 amide bonds. The summed E-state index contributed by atoms with van der Waals surface area (Å²) in [7, 11) is 0. The van der Waals surface area contributed by atoms with Crippen LogP contribution in [0.5, 0.6) is 0 Å². The maximum atomic E-state index is 8.06. The molecule has 4 heteroatoms. The van der Waals surface area contributed by atoms with Crippen LogP contribution in [0.4, 0.5) is 0 Å². The van der Waals surface area contributed by atoms with Gasteiger partial charge in [-0.05, 0) is 0 Å². The Morgan fingerprint density at radius 3 is 1.25 bits per heavy atom. The monoisotopic (exact) mass is 133 g/mol. The minimum atomic E-state index is 0. The number of hydrogen-bond acceptors (Lipinski definition) is 1. The summed E-state index contributed by atoms with van der Waals surface area (Å²) in [6.45, 7) is 0. The van der Waals surface area contributed by atoms with E-state index in [2.05, 4.69) is 0 Å². The van der Waals surface area contributed by atoms with Gasteiger partial charge in [-0.1, -0.05) is 0 Å². The molecule has 0 heterocycles. The molecule has 25 valence electrons. The molecular formula is H3ClMgMnO. The van der Waals surface area contributed by atoms with Gasteiger partial charge >= 0.3 is 42.8 Å². The molecule has 0 fully saturated rings. The van der Waals surface area contributed by atoms with Gasteiger partial charge < -0.3 is 0 Å². The quantitative estimate of drug-likeness (QED) is 0.403. The van der Waals surface area contributed by atoms with Gasteiger partial charge in [0.15, 0.2) is 0 Å². The average Bonchev–Trinajstić information content (AvgIpc) is 1.00. The molecule has 0 atom stereocenters. The van der Waals surface area contributed by atoms with Gasteiger partial charge in [0.05, 0.1) is 0 Å². The van der Waals surface area contributed by atoms with E-state index < -0.39 is 0 Å². The zero-order valence-corrected chi connectivity index (χ0v) is 3.19. The summed E-state index contributed by atoms with van der Waals surface area (Å²) in [5, 5.41) is 0. The van der Waals surface area contributed by atoms with Crippen LogP contribution in [0.25, 0.3) is 0 Å². The zero-order valence-electron chi connectivity index (χ0n) is 1.19. The summed E-state index contributed by atoms with van der Waals surface area (Å²) in [6.07, 6.45) is 0. The molecule has 4 heavy (non-hydrogen) atoms. The summed E-state index contributed by atoms with van der Waals surface area (Å²) in [5.74, 6) is 0. The van der Waals surface area contributed by atoms with Crippen LogP contribution in [0.2, 0.25) is 0 Å². The Morgan fingerprint density at radius 1 is 1.25 bits per heavy atom. The normalized spacial score (nSPS) is 1.00. The predicted molar refractivity (Wildman–Crippen MR) is 16.5 cm³/mol. The maximum absolute atomic E-state index is 8.06. The SMILES string of the molecule is Cl.[MgH2].[O]=[Mn]. The minimum absolute atomic E-state index is 0. The molecule has 0 bridgehead atoms. The van der Waals surface area contributed by atoms with E-state index >= 15 is 0 Å². The van der Waals surface area contributed by atoms with E-state index in [9.17, 15) is 0 Å². The van der Waals surface area contributed by atoms with E-state index in [0.717, 1.165) is 0 Å². The van der Waals surface area contributed by atoms with Crippen LogP contribution in [0.1, 0.15) is 0 Å². The fraction of sp³-hybridized carbons (Fsp3) is 0. The van der Waals surface area contributed by atoms with Crippen LogP contribution in [-0.2, 0) is 19.8 Å². The third kappa shape index (κ3) is 10.1. The molecule has 0 aliphatic heterocycles. The molecule has 1 nitrogen and oxygen atoms in total. The van der Waals surface area contributed by atoms with Crippen LogP contribution in [-0.4, -0.2) is 23.1 Å². The molecule has 0 saturated carbocycles. The number of hydrogen-bond donors (Lipinski definition) is 0. The van der Waals surface area contributed by atoms with Crippen molar-refractivity contribution in [3.8, 4) is 0 Å². The van der Waals surface area contributed by atoms with E-state index in [-0.39, 0.29) is 35.5 Å². The second-order valence-electron chi connectivity index (χ2n) is 0. The molecule has 0 aliphatic rings. The van der Waals surface area contributed by atoms with Gasteiger partial charge in [-0.25, -0.2) is 0 Å². The average molecular weight is 134 g/mol. The molecule has 0 aromatic carbocycles. The Labute approximate surface area is 55.1 Å². The van der Waals surface area contributed by atoms with E-state index in [0.29, 0.717) is 0 Å². The summed E-state index contributed by atoms with van der Waals surface area (Å²) in [5.41, 5.74) is 0. The van der Waals surface area contributed by atoms with Crippen molar-refractivity contribution in [3.05, 3.63) is 0 Å². The van der Waals surface area contributed by atoms with E-state index in [4.69, 9.17) is 3.83 Å². The van der Waals surface area contributed by atoms with Gasteiger partial charge in [0, 0.05) is 0 Å². The summed E-state index contributed by atoms with van der Waals surface area (Å²) in [4.78, 5) is 0. The predicted octanol–water partition coefficient (Wildman–Crippen LogP) is -0.616. The van der Waals surface area contributed by atoms with Crippen molar-refractivity contribution in [2.75, 3.05) is 0 Å². The Hall–Kier alpha value is 1.38. The van der Waals surface area contributed by atoms with Gasteiger partial charge in [-0.15, -0.1) is 12.4 Å². The standard InChI is InChI=1S/ClH.Mg.Mn.O.2H/h1H;;;;;. The summed E-state index contributed by atoms with van der Waals surface area (Å²) < 4.78 is 8.06. The Balaban J connectivity index is -0.00000000500. The van der Waals surface area contributed by atoms with Crippen molar-refractivity contribution in [1.82, 2.24) is 0 Å². The summed E-state index contributed by atoms with van der Waals surface area (Å²) in [6, 6.07) is 0. The molecule has 0 N–H and O–H groups in total. The van der Waals surface area contributed by atoms with Crippen molar-refractivity contribution in [1.29, 1.82) is 0 Å². The topological polar surface area (TPSA) is 17.1 Å². The number of halogens is 1. The van der Waals surface area contributed by atoms with Gasteiger partial charge in [0.2, 0.25) is 0 Å². The molecule has 0 radical (unpaired) electrons. The Bertz CT molecular complexity index is 8.00. The van der Waals surface area contributed by atoms with Gasteiger partial charge in [-0.2, -0.15) is 0 Å². The second kappa shape index (κ2) is 26.3. The van der Waals surface area contributed by atoms with Gasteiger partial charge in [0.1, 0.15) is 0 Å². The van der Waals surface area contributed by atoms with Gasteiger partial charge in [-0.3, -0.25) is 0 Å². The third-order valence-corrected chi connectivity index (χ3v) is 0. The van der Waals surface area contributed by atoms with Crippen LogP contribution in [0.3, 0.4) is 0 Å². The first-order valence-corrected chi connectivity index (χ1v) is 0.636. The van der Waals surface area contributed by atoms with Crippen LogP contribution in [0, 0.1) is 0 Å². The van der Waals surface area contributed by atoms with E-state index in [1.807, 2.05) is 0 Å². The molecule has 0 spiro atoms. The molecule has 0 rings (SSSR count). The summed E-state index contributed by atoms with van der Waals surface area (Å²) >= 11 is 1.69. The van der Waals surface area contributed by atoms with Crippen LogP contribution >= 0.6 is 12.4 Å². The Morgan fingerprint density at radius 2 is 1.25 bits per heavy atom. The fourth-order valence-electron chi connectivity index (χ4n) is 0. The van der Waals surface area contributed by atoms with E-state index in [1.165, 1.54) is 0 Å². The molecule has 0 aromatic heterocycles. The molecule has 0 aromatic rings. The number of rotatable bonds is 0. The zero-order chi connectivity index (χ0) is 2.00.